The number of thiophene rings is 2. The molecule has 2 aromatic heterocycles. The Morgan fingerprint density at radius 2 is 2.00 bits per heavy atom. The molecule has 22 heavy (non-hydrogen) atoms. The molecule has 0 saturated carbocycles. The number of carbonyl (C=O) groups is 1. The third-order valence-corrected chi connectivity index (χ3v) is 5.68. The van der Waals surface area contributed by atoms with E-state index in [9.17, 15) is 4.79 Å². The minimum atomic E-state index is -0.859. The zero-order valence-corrected chi connectivity index (χ0v) is 14.1. The van der Waals surface area contributed by atoms with Crippen LogP contribution in [0.3, 0.4) is 0 Å². The van der Waals surface area contributed by atoms with Gasteiger partial charge in [-0.2, -0.15) is 0 Å². The van der Waals surface area contributed by atoms with Gasteiger partial charge in [0.15, 0.2) is 0 Å². The number of carboxylic acid groups (broad SMARTS) is 1. The van der Waals surface area contributed by atoms with E-state index in [0.717, 1.165) is 11.3 Å². The van der Waals surface area contributed by atoms with Gasteiger partial charge < -0.3 is 5.11 Å². The van der Waals surface area contributed by atoms with Gasteiger partial charge in [0, 0.05) is 9.75 Å². The number of aromatic carboxylic acids is 1. The van der Waals surface area contributed by atoms with Gasteiger partial charge in [-0.25, -0.2) is 4.79 Å². The van der Waals surface area contributed by atoms with Crippen LogP contribution in [0.4, 0.5) is 0 Å². The number of aryl methyl sites for hydroxylation is 2. The predicted octanol–water partition coefficient (Wildman–Crippen LogP) is 5.71. The number of hydrogen-bond acceptors (Lipinski definition) is 3. The lowest BCUT2D eigenvalue weighted by molar-refractivity contribution is 0.0702. The molecule has 0 fully saturated rings. The van der Waals surface area contributed by atoms with E-state index in [1.807, 2.05) is 6.07 Å². The molecule has 2 nitrogen and oxygen atoms in total. The van der Waals surface area contributed by atoms with E-state index in [2.05, 4.69) is 43.5 Å². The van der Waals surface area contributed by atoms with Gasteiger partial charge in [0.2, 0.25) is 0 Å². The minimum absolute atomic E-state index is 0.388. The molecule has 0 spiro atoms. The second kappa shape index (κ2) is 6.07. The molecule has 4 heteroatoms. The molecule has 0 unspecified atom stereocenters. The maximum absolute atomic E-state index is 11.1. The zero-order chi connectivity index (χ0) is 15.7. The van der Waals surface area contributed by atoms with Gasteiger partial charge in [-0.05, 0) is 71.3 Å². The van der Waals surface area contributed by atoms with E-state index in [0.29, 0.717) is 4.88 Å². The van der Waals surface area contributed by atoms with E-state index < -0.39 is 5.97 Å². The number of rotatable bonds is 4. The van der Waals surface area contributed by atoms with Crippen molar-refractivity contribution in [3.05, 3.63) is 57.8 Å². The first-order chi connectivity index (χ1) is 10.6. The standard InChI is InChI=1S/C18H16O2S2/c1-3-12-10-13(14-5-4-8-21-14)9-11(2)17(12)15-6-7-16(22-15)18(19)20/h4-10H,3H2,1-2H3,(H,19,20). The second-order valence-electron chi connectivity index (χ2n) is 5.13. The topological polar surface area (TPSA) is 37.3 Å². The van der Waals surface area contributed by atoms with Crippen molar-refractivity contribution >= 4 is 28.6 Å². The van der Waals surface area contributed by atoms with Crippen LogP contribution in [0.1, 0.15) is 27.7 Å². The first kappa shape index (κ1) is 15.0. The molecular formula is C18H16O2S2. The van der Waals surface area contributed by atoms with Crippen LogP contribution < -0.4 is 0 Å². The van der Waals surface area contributed by atoms with Crippen LogP contribution in [0.2, 0.25) is 0 Å². The van der Waals surface area contributed by atoms with Gasteiger partial charge >= 0.3 is 5.97 Å². The van der Waals surface area contributed by atoms with Crippen LogP contribution in [0.25, 0.3) is 20.9 Å². The molecule has 0 aliphatic carbocycles. The van der Waals surface area contributed by atoms with Gasteiger partial charge in [0.25, 0.3) is 0 Å². The summed E-state index contributed by atoms with van der Waals surface area (Å²) in [4.78, 5) is 13.8. The zero-order valence-electron chi connectivity index (χ0n) is 12.4. The fraction of sp³-hybridized carbons (Fsp3) is 0.167. The monoisotopic (exact) mass is 328 g/mol. The van der Waals surface area contributed by atoms with Crippen LogP contribution in [0.15, 0.2) is 41.8 Å². The molecule has 3 aromatic rings. The second-order valence-corrected chi connectivity index (χ2v) is 7.16. The van der Waals surface area contributed by atoms with Crippen molar-refractivity contribution in [1.29, 1.82) is 0 Å². The molecule has 0 amide bonds. The molecule has 112 valence electrons. The van der Waals surface area contributed by atoms with E-state index >= 15 is 0 Å². The van der Waals surface area contributed by atoms with E-state index in [-0.39, 0.29) is 0 Å². The molecule has 0 atom stereocenters. The van der Waals surface area contributed by atoms with E-state index in [1.165, 1.54) is 38.5 Å². The Kier molecular flexibility index (Phi) is 4.14. The number of carboxylic acids is 1. The molecule has 0 radical (unpaired) electrons. The first-order valence-corrected chi connectivity index (χ1v) is 8.80. The normalized spacial score (nSPS) is 10.8. The van der Waals surface area contributed by atoms with Crippen molar-refractivity contribution in [3.63, 3.8) is 0 Å². The maximum atomic E-state index is 11.1. The molecule has 0 bridgehead atoms. The Morgan fingerprint density at radius 1 is 1.18 bits per heavy atom. The van der Waals surface area contributed by atoms with Gasteiger partial charge in [-0.3, -0.25) is 0 Å². The number of benzene rings is 1. The molecular weight excluding hydrogens is 312 g/mol. The van der Waals surface area contributed by atoms with Gasteiger partial charge in [0.05, 0.1) is 0 Å². The molecule has 1 N–H and O–H groups in total. The first-order valence-electron chi connectivity index (χ1n) is 7.11. The third-order valence-electron chi connectivity index (χ3n) is 3.67. The molecule has 0 aliphatic heterocycles. The molecule has 1 aromatic carbocycles. The lowest BCUT2D eigenvalue weighted by Crippen LogP contribution is -1.92. The Hall–Kier alpha value is -1.91. The van der Waals surface area contributed by atoms with E-state index in [4.69, 9.17) is 5.11 Å². The minimum Gasteiger partial charge on any atom is -0.477 e. The van der Waals surface area contributed by atoms with Crippen LogP contribution >= 0.6 is 22.7 Å². The van der Waals surface area contributed by atoms with Crippen molar-refractivity contribution in [3.8, 4) is 20.9 Å². The van der Waals surface area contributed by atoms with Gasteiger partial charge in [0.1, 0.15) is 4.88 Å². The average Bonchev–Trinajstić information content (AvgIpc) is 3.17. The molecule has 0 aliphatic rings. The summed E-state index contributed by atoms with van der Waals surface area (Å²) in [5.74, 6) is -0.859. The van der Waals surface area contributed by atoms with Crippen molar-refractivity contribution in [2.75, 3.05) is 0 Å². The molecule has 0 saturated heterocycles. The van der Waals surface area contributed by atoms with Crippen LogP contribution in [0.5, 0.6) is 0 Å². The molecule has 2 heterocycles. The summed E-state index contributed by atoms with van der Waals surface area (Å²) in [5.41, 5.74) is 4.88. The average molecular weight is 328 g/mol. The van der Waals surface area contributed by atoms with Gasteiger partial charge in [-0.15, -0.1) is 22.7 Å². The van der Waals surface area contributed by atoms with Crippen molar-refractivity contribution in [2.45, 2.75) is 20.3 Å². The summed E-state index contributed by atoms with van der Waals surface area (Å²) in [6.07, 6.45) is 0.926. The maximum Gasteiger partial charge on any atom is 0.345 e. The summed E-state index contributed by atoms with van der Waals surface area (Å²) in [6.45, 7) is 4.24. The quantitative estimate of drug-likeness (QED) is 0.666. The third kappa shape index (κ3) is 2.72. The smallest absolute Gasteiger partial charge is 0.345 e. The summed E-state index contributed by atoms with van der Waals surface area (Å²) >= 11 is 3.08. The highest BCUT2D eigenvalue weighted by Crippen LogP contribution is 2.37. The van der Waals surface area contributed by atoms with Crippen LogP contribution in [-0.4, -0.2) is 11.1 Å². The highest BCUT2D eigenvalue weighted by molar-refractivity contribution is 7.17. The summed E-state index contributed by atoms with van der Waals surface area (Å²) in [6, 6.07) is 12.2. The van der Waals surface area contributed by atoms with Crippen molar-refractivity contribution in [1.82, 2.24) is 0 Å². The fourth-order valence-electron chi connectivity index (χ4n) is 2.66. The summed E-state index contributed by atoms with van der Waals surface area (Å²) < 4.78 is 0. The highest BCUT2D eigenvalue weighted by Gasteiger charge is 2.14. The summed E-state index contributed by atoms with van der Waals surface area (Å²) in [7, 11) is 0. The lowest BCUT2D eigenvalue weighted by Gasteiger charge is -2.12. The Bertz CT molecular complexity index is 814. The fourth-order valence-corrected chi connectivity index (χ4v) is 4.37. The van der Waals surface area contributed by atoms with Crippen LogP contribution in [-0.2, 0) is 6.42 Å². The van der Waals surface area contributed by atoms with Gasteiger partial charge in [-0.1, -0.05) is 13.0 Å². The van der Waals surface area contributed by atoms with Crippen molar-refractivity contribution < 1.29 is 9.90 Å². The lowest BCUT2D eigenvalue weighted by atomic mass is 9.95. The Morgan fingerprint density at radius 3 is 2.59 bits per heavy atom. The largest absolute Gasteiger partial charge is 0.477 e. The van der Waals surface area contributed by atoms with Crippen molar-refractivity contribution in [2.24, 2.45) is 0 Å². The number of hydrogen-bond donors (Lipinski definition) is 1. The van der Waals surface area contributed by atoms with Crippen LogP contribution in [0, 0.1) is 6.92 Å². The SMILES string of the molecule is CCc1cc(-c2cccs2)cc(C)c1-c1ccc(C(=O)O)s1. The molecule has 3 rings (SSSR count). The van der Waals surface area contributed by atoms with E-state index in [1.54, 1.807) is 17.4 Å². The summed E-state index contributed by atoms with van der Waals surface area (Å²) in [5, 5.41) is 11.2. The predicted molar refractivity (Wildman–Crippen MR) is 94.1 cm³/mol. The highest BCUT2D eigenvalue weighted by atomic mass is 32.1. The Balaban J connectivity index is 2.13. The Labute approximate surface area is 137 Å².